The van der Waals surface area contributed by atoms with E-state index in [1.807, 2.05) is 30.3 Å². The molecule has 2 rings (SSSR count). The molecule has 0 aliphatic carbocycles. The Balaban J connectivity index is 2.03. The zero-order chi connectivity index (χ0) is 15.2. The van der Waals surface area contributed by atoms with E-state index >= 15 is 0 Å². The number of hydrogen-bond acceptors (Lipinski definition) is 2. The second-order valence-corrected chi connectivity index (χ2v) is 6.28. The van der Waals surface area contributed by atoms with Crippen molar-refractivity contribution in [3.05, 3.63) is 63.1 Å². The monoisotopic (exact) mass is 367 g/mol. The second-order valence-electron chi connectivity index (χ2n) is 5.02. The average Bonchev–Trinajstić information content (AvgIpc) is 2.48. The highest BCUT2D eigenvalue weighted by molar-refractivity contribution is 9.10. The smallest absolute Gasteiger partial charge is 0.134 e. The Morgan fingerprint density at radius 1 is 1.24 bits per heavy atom. The van der Waals surface area contributed by atoms with E-state index in [-0.39, 0.29) is 6.04 Å². The average molecular weight is 369 g/mol. The fraction of sp³-hybridized carbons (Fsp3) is 0.294. The lowest BCUT2D eigenvalue weighted by Gasteiger charge is -2.12. The van der Waals surface area contributed by atoms with Gasteiger partial charge in [-0.3, -0.25) is 0 Å². The zero-order valence-electron chi connectivity index (χ0n) is 12.0. The van der Waals surface area contributed by atoms with Gasteiger partial charge in [-0.05, 0) is 52.5 Å². The topological polar surface area (TPSA) is 35.2 Å². The molecule has 0 spiro atoms. The van der Waals surface area contributed by atoms with Crippen LogP contribution in [0.15, 0.2) is 46.9 Å². The van der Waals surface area contributed by atoms with Crippen LogP contribution in [0.1, 0.15) is 24.5 Å². The molecule has 21 heavy (non-hydrogen) atoms. The quantitative estimate of drug-likeness (QED) is 0.782. The van der Waals surface area contributed by atoms with Gasteiger partial charge in [-0.2, -0.15) is 0 Å². The van der Waals surface area contributed by atoms with Crippen LogP contribution in [0.4, 0.5) is 0 Å². The Bertz CT molecular complexity index is 603. The second kappa shape index (κ2) is 7.83. The van der Waals surface area contributed by atoms with Crippen LogP contribution in [0.25, 0.3) is 0 Å². The molecule has 0 aliphatic heterocycles. The van der Waals surface area contributed by atoms with E-state index in [0.717, 1.165) is 33.6 Å². The third kappa shape index (κ3) is 4.73. The van der Waals surface area contributed by atoms with Crippen LogP contribution in [-0.2, 0) is 13.0 Å². The third-order valence-electron chi connectivity index (χ3n) is 3.36. The molecule has 0 radical (unpaired) electrons. The molecular weight excluding hydrogens is 350 g/mol. The van der Waals surface area contributed by atoms with Crippen LogP contribution < -0.4 is 10.5 Å². The largest absolute Gasteiger partial charge is 0.488 e. The maximum absolute atomic E-state index is 6.12. The van der Waals surface area contributed by atoms with Crippen molar-refractivity contribution in [3.8, 4) is 5.75 Å². The van der Waals surface area contributed by atoms with E-state index in [4.69, 9.17) is 22.1 Å². The first-order chi connectivity index (χ1) is 10.1. The van der Waals surface area contributed by atoms with E-state index in [0.29, 0.717) is 6.61 Å². The molecule has 0 aromatic heterocycles. The molecule has 0 bridgehead atoms. The van der Waals surface area contributed by atoms with Gasteiger partial charge in [0.15, 0.2) is 0 Å². The molecule has 2 aromatic carbocycles. The van der Waals surface area contributed by atoms with Gasteiger partial charge in [-0.15, -0.1) is 0 Å². The highest BCUT2D eigenvalue weighted by Gasteiger charge is 2.07. The summed E-state index contributed by atoms with van der Waals surface area (Å²) in [5.74, 6) is 0.809. The predicted octanol–water partition coefficient (Wildman–Crippen LogP) is 4.96. The molecule has 1 atom stereocenters. The summed E-state index contributed by atoms with van der Waals surface area (Å²) in [6.45, 7) is 2.55. The first-order valence-corrected chi connectivity index (χ1v) is 8.17. The van der Waals surface area contributed by atoms with Gasteiger partial charge in [0.1, 0.15) is 12.4 Å². The lowest BCUT2D eigenvalue weighted by molar-refractivity contribution is 0.304. The van der Waals surface area contributed by atoms with Gasteiger partial charge in [0.25, 0.3) is 0 Å². The maximum Gasteiger partial charge on any atom is 0.134 e. The summed E-state index contributed by atoms with van der Waals surface area (Å²) in [7, 11) is 0. The molecule has 0 saturated carbocycles. The Morgan fingerprint density at radius 2 is 2.00 bits per heavy atom. The van der Waals surface area contributed by atoms with Crippen LogP contribution in [0, 0.1) is 0 Å². The number of ether oxygens (including phenoxy) is 1. The molecule has 0 saturated heterocycles. The normalized spacial score (nSPS) is 12.2. The standard InChI is InChI=1S/C17H19BrClNO/c1-2-14(20)9-12-7-8-17(15(18)10-12)21-11-13-5-3-4-6-16(13)19/h3-8,10,14H,2,9,11,20H2,1H3. The lowest BCUT2D eigenvalue weighted by atomic mass is 10.0. The minimum absolute atomic E-state index is 0.201. The highest BCUT2D eigenvalue weighted by atomic mass is 79.9. The molecule has 0 amide bonds. The van der Waals surface area contributed by atoms with Gasteiger partial charge in [-0.1, -0.05) is 42.8 Å². The molecule has 0 aliphatic rings. The van der Waals surface area contributed by atoms with Crippen molar-refractivity contribution in [2.45, 2.75) is 32.4 Å². The molecule has 2 N–H and O–H groups in total. The Morgan fingerprint density at radius 3 is 2.67 bits per heavy atom. The Labute approximate surface area is 139 Å². The minimum Gasteiger partial charge on any atom is -0.488 e. The van der Waals surface area contributed by atoms with Gasteiger partial charge >= 0.3 is 0 Å². The van der Waals surface area contributed by atoms with Crippen LogP contribution in [0.2, 0.25) is 5.02 Å². The predicted molar refractivity (Wildman–Crippen MR) is 91.9 cm³/mol. The van der Waals surface area contributed by atoms with Gasteiger partial charge in [0.05, 0.1) is 4.47 Å². The lowest BCUT2D eigenvalue weighted by Crippen LogP contribution is -2.21. The minimum atomic E-state index is 0.201. The fourth-order valence-electron chi connectivity index (χ4n) is 2.01. The van der Waals surface area contributed by atoms with E-state index < -0.39 is 0 Å². The summed E-state index contributed by atoms with van der Waals surface area (Å²) >= 11 is 9.68. The third-order valence-corrected chi connectivity index (χ3v) is 4.35. The first-order valence-electron chi connectivity index (χ1n) is 7.00. The van der Waals surface area contributed by atoms with Crippen molar-refractivity contribution in [1.82, 2.24) is 0 Å². The van der Waals surface area contributed by atoms with Gasteiger partial charge in [0.2, 0.25) is 0 Å². The van der Waals surface area contributed by atoms with E-state index in [1.54, 1.807) is 0 Å². The van der Waals surface area contributed by atoms with Crippen molar-refractivity contribution in [3.63, 3.8) is 0 Å². The summed E-state index contributed by atoms with van der Waals surface area (Å²) in [6.07, 6.45) is 1.85. The molecule has 1 unspecified atom stereocenters. The number of hydrogen-bond donors (Lipinski definition) is 1. The van der Waals surface area contributed by atoms with Gasteiger partial charge in [-0.25, -0.2) is 0 Å². The van der Waals surface area contributed by atoms with Crippen molar-refractivity contribution in [2.75, 3.05) is 0 Å². The van der Waals surface area contributed by atoms with Crippen LogP contribution in [0.3, 0.4) is 0 Å². The fourth-order valence-corrected chi connectivity index (χ4v) is 2.74. The molecule has 2 aromatic rings. The zero-order valence-corrected chi connectivity index (χ0v) is 14.3. The van der Waals surface area contributed by atoms with Gasteiger partial charge in [0, 0.05) is 16.6 Å². The number of halogens is 2. The van der Waals surface area contributed by atoms with Crippen LogP contribution in [-0.4, -0.2) is 6.04 Å². The highest BCUT2D eigenvalue weighted by Crippen LogP contribution is 2.28. The van der Waals surface area contributed by atoms with Crippen molar-refractivity contribution in [1.29, 1.82) is 0 Å². The van der Waals surface area contributed by atoms with Crippen molar-refractivity contribution < 1.29 is 4.74 Å². The van der Waals surface area contributed by atoms with E-state index in [9.17, 15) is 0 Å². The van der Waals surface area contributed by atoms with Crippen LogP contribution >= 0.6 is 27.5 Å². The number of nitrogens with two attached hydrogens (primary N) is 1. The Kier molecular flexibility index (Phi) is 6.09. The summed E-state index contributed by atoms with van der Waals surface area (Å²) < 4.78 is 6.77. The molecule has 0 heterocycles. The molecular formula is C17H19BrClNO. The first kappa shape index (κ1) is 16.3. The maximum atomic E-state index is 6.12. The summed E-state index contributed by atoms with van der Waals surface area (Å²) in [5, 5.41) is 0.721. The summed E-state index contributed by atoms with van der Waals surface area (Å²) in [6, 6.07) is 14.0. The molecule has 0 fully saturated rings. The van der Waals surface area contributed by atoms with Crippen molar-refractivity contribution in [2.24, 2.45) is 5.73 Å². The molecule has 4 heteroatoms. The van der Waals surface area contributed by atoms with Crippen molar-refractivity contribution >= 4 is 27.5 Å². The summed E-state index contributed by atoms with van der Waals surface area (Å²) in [5.41, 5.74) is 8.17. The number of rotatable bonds is 6. The van der Waals surface area contributed by atoms with E-state index in [2.05, 4.69) is 35.0 Å². The summed E-state index contributed by atoms with van der Waals surface area (Å²) in [4.78, 5) is 0. The molecule has 112 valence electrons. The SMILES string of the molecule is CCC(N)Cc1ccc(OCc2ccccc2Cl)c(Br)c1. The number of benzene rings is 2. The van der Waals surface area contributed by atoms with Gasteiger partial charge < -0.3 is 10.5 Å². The Hall–Kier alpha value is -1.03. The van der Waals surface area contributed by atoms with Crippen LogP contribution in [0.5, 0.6) is 5.75 Å². The van der Waals surface area contributed by atoms with E-state index in [1.165, 1.54) is 5.56 Å². The molecule has 2 nitrogen and oxygen atoms in total.